The van der Waals surface area contributed by atoms with Crippen molar-refractivity contribution in [2.45, 2.75) is 25.1 Å². The molecule has 0 fully saturated rings. The van der Waals surface area contributed by atoms with Crippen molar-refractivity contribution in [3.63, 3.8) is 0 Å². The number of nitrogens with zero attached hydrogens (tertiary/aromatic N) is 1. The summed E-state index contributed by atoms with van der Waals surface area (Å²) in [5, 5.41) is 0. The number of alkyl halides is 3. The molecule has 0 aromatic heterocycles. The summed E-state index contributed by atoms with van der Waals surface area (Å²) in [4.78, 5) is 2.06. The standard InChI is InChI=1S/C18H20F3N/c1-22(2)17(12-14-7-4-3-5-8-14)13-15-9-6-10-16(11-15)18(19,20)21/h3-11,17H,12-13H2,1-2H3. The van der Waals surface area contributed by atoms with Crippen molar-refractivity contribution in [1.82, 2.24) is 4.90 Å². The zero-order valence-corrected chi connectivity index (χ0v) is 12.8. The maximum atomic E-state index is 12.8. The summed E-state index contributed by atoms with van der Waals surface area (Å²) in [6.07, 6.45) is -2.89. The van der Waals surface area contributed by atoms with E-state index in [1.807, 2.05) is 44.4 Å². The van der Waals surface area contributed by atoms with E-state index in [4.69, 9.17) is 0 Å². The lowest BCUT2D eigenvalue weighted by atomic mass is 9.97. The van der Waals surface area contributed by atoms with Gasteiger partial charge < -0.3 is 4.90 Å². The van der Waals surface area contributed by atoms with Gasteiger partial charge in [0.25, 0.3) is 0 Å². The van der Waals surface area contributed by atoms with Crippen molar-refractivity contribution < 1.29 is 13.2 Å². The third-order valence-corrected chi connectivity index (χ3v) is 3.77. The quantitative estimate of drug-likeness (QED) is 0.790. The minimum atomic E-state index is -4.29. The molecule has 0 bridgehead atoms. The molecule has 118 valence electrons. The molecule has 1 nitrogen and oxygen atoms in total. The first-order valence-electron chi connectivity index (χ1n) is 7.23. The number of halogens is 3. The molecular weight excluding hydrogens is 287 g/mol. The molecule has 2 aromatic rings. The summed E-state index contributed by atoms with van der Waals surface area (Å²) < 4.78 is 38.4. The zero-order chi connectivity index (χ0) is 16.2. The fourth-order valence-electron chi connectivity index (χ4n) is 2.47. The zero-order valence-electron chi connectivity index (χ0n) is 12.8. The lowest BCUT2D eigenvalue weighted by molar-refractivity contribution is -0.137. The molecule has 0 spiro atoms. The monoisotopic (exact) mass is 307 g/mol. The third-order valence-electron chi connectivity index (χ3n) is 3.77. The lowest BCUT2D eigenvalue weighted by Gasteiger charge is -2.25. The average Bonchev–Trinajstić information content (AvgIpc) is 2.47. The summed E-state index contributed by atoms with van der Waals surface area (Å²) in [5.74, 6) is 0. The van der Waals surface area contributed by atoms with Crippen LogP contribution in [0.1, 0.15) is 16.7 Å². The highest BCUT2D eigenvalue weighted by Crippen LogP contribution is 2.30. The summed E-state index contributed by atoms with van der Waals surface area (Å²) in [6, 6.07) is 15.8. The molecule has 1 unspecified atom stereocenters. The Morgan fingerprint density at radius 3 is 2.05 bits per heavy atom. The van der Waals surface area contributed by atoms with Gasteiger partial charge in [-0.2, -0.15) is 13.2 Å². The van der Waals surface area contributed by atoms with E-state index in [-0.39, 0.29) is 6.04 Å². The first-order valence-corrected chi connectivity index (χ1v) is 7.23. The van der Waals surface area contributed by atoms with E-state index in [0.29, 0.717) is 12.0 Å². The minimum Gasteiger partial charge on any atom is -0.306 e. The van der Waals surface area contributed by atoms with E-state index < -0.39 is 11.7 Å². The SMILES string of the molecule is CN(C)C(Cc1ccccc1)Cc1cccc(C(F)(F)F)c1. The van der Waals surface area contributed by atoms with Gasteiger partial charge in [-0.3, -0.25) is 0 Å². The number of hydrogen-bond donors (Lipinski definition) is 0. The van der Waals surface area contributed by atoms with Gasteiger partial charge >= 0.3 is 6.18 Å². The molecule has 0 aliphatic heterocycles. The van der Waals surface area contributed by atoms with E-state index in [2.05, 4.69) is 4.90 Å². The Balaban J connectivity index is 2.15. The molecule has 22 heavy (non-hydrogen) atoms. The van der Waals surface area contributed by atoms with Crippen LogP contribution >= 0.6 is 0 Å². The molecule has 0 amide bonds. The summed E-state index contributed by atoms with van der Waals surface area (Å²) in [6.45, 7) is 0. The summed E-state index contributed by atoms with van der Waals surface area (Å²) >= 11 is 0. The van der Waals surface area contributed by atoms with Crippen LogP contribution in [0.25, 0.3) is 0 Å². The number of rotatable bonds is 5. The third kappa shape index (κ3) is 4.60. The second kappa shape index (κ2) is 6.97. The Morgan fingerprint density at radius 1 is 0.864 bits per heavy atom. The Morgan fingerprint density at radius 2 is 1.45 bits per heavy atom. The van der Waals surface area contributed by atoms with E-state index in [1.54, 1.807) is 6.07 Å². The van der Waals surface area contributed by atoms with Gasteiger partial charge in [0.15, 0.2) is 0 Å². The van der Waals surface area contributed by atoms with Crippen LogP contribution in [-0.4, -0.2) is 25.0 Å². The van der Waals surface area contributed by atoms with Crippen molar-refractivity contribution in [1.29, 1.82) is 0 Å². The Labute approximate surface area is 129 Å². The highest BCUT2D eigenvalue weighted by molar-refractivity contribution is 5.27. The summed E-state index contributed by atoms with van der Waals surface area (Å²) in [5.41, 5.74) is 1.32. The van der Waals surface area contributed by atoms with Crippen LogP contribution in [0.3, 0.4) is 0 Å². The maximum Gasteiger partial charge on any atom is 0.416 e. The molecule has 2 rings (SSSR count). The molecule has 0 radical (unpaired) electrons. The van der Waals surface area contributed by atoms with Crippen LogP contribution in [0.5, 0.6) is 0 Å². The van der Waals surface area contributed by atoms with E-state index in [9.17, 15) is 13.2 Å². The van der Waals surface area contributed by atoms with Gasteiger partial charge in [0.2, 0.25) is 0 Å². The lowest BCUT2D eigenvalue weighted by Crippen LogP contribution is -2.32. The van der Waals surface area contributed by atoms with Gasteiger partial charge in [0, 0.05) is 6.04 Å². The Hall–Kier alpha value is -1.81. The van der Waals surface area contributed by atoms with Gasteiger partial charge in [-0.25, -0.2) is 0 Å². The fourth-order valence-corrected chi connectivity index (χ4v) is 2.47. The van der Waals surface area contributed by atoms with Gasteiger partial charge in [0.1, 0.15) is 0 Å². The van der Waals surface area contributed by atoms with Crippen molar-refractivity contribution >= 4 is 0 Å². The van der Waals surface area contributed by atoms with Gasteiger partial charge in [0.05, 0.1) is 5.56 Å². The van der Waals surface area contributed by atoms with Crippen LogP contribution in [-0.2, 0) is 19.0 Å². The molecule has 0 heterocycles. The van der Waals surface area contributed by atoms with Crippen LogP contribution in [0, 0.1) is 0 Å². The smallest absolute Gasteiger partial charge is 0.306 e. The minimum absolute atomic E-state index is 0.158. The van der Waals surface area contributed by atoms with Crippen LogP contribution in [0.2, 0.25) is 0 Å². The average molecular weight is 307 g/mol. The maximum absolute atomic E-state index is 12.8. The van der Waals surface area contributed by atoms with Crippen molar-refractivity contribution in [3.8, 4) is 0 Å². The molecule has 0 saturated carbocycles. The van der Waals surface area contributed by atoms with E-state index in [0.717, 1.165) is 12.5 Å². The molecule has 0 aliphatic carbocycles. The second-order valence-electron chi connectivity index (χ2n) is 5.71. The Kier molecular flexibility index (Phi) is 5.24. The first kappa shape index (κ1) is 16.6. The first-order chi connectivity index (χ1) is 10.4. The van der Waals surface area contributed by atoms with Crippen LogP contribution in [0.4, 0.5) is 13.2 Å². The molecule has 2 aromatic carbocycles. The topological polar surface area (TPSA) is 3.24 Å². The Bertz CT molecular complexity index is 591. The van der Waals surface area contributed by atoms with Crippen molar-refractivity contribution in [3.05, 3.63) is 71.3 Å². The molecular formula is C18H20F3N. The van der Waals surface area contributed by atoms with Crippen LogP contribution in [0.15, 0.2) is 54.6 Å². The highest BCUT2D eigenvalue weighted by Gasteiger charge is 2.30. The van der Waals surface area contributed by atoms with Gasteiger partial charge in [-0.05, 0) is 44.1 Å². The van der Waals surface area contributed by atoms with Crippen molar-refractivity contribution in [2.75, 3.05) is 14.1 Å². The van der Waals surface area contributed by atoms with Gasteiger partial charge in [-0.1, -0.05) is 48.5 Å². The normalized spacial score (nSPS) is 13.4. The summed E-state index contributed by atoms with van der Waals surface area (Å²) in [7, 11) is 3.92. The largest absolute Gasteiger partial charge is 0.416 e. The van der Waals surface area contributed by atoms with E-state index >= 15 is 0 Å². The number of hydrogen-bond acceptors (Lipinski definition) is 1. The number of benzene rings is 2. The fraction of sp³-hybridized carbons (Fsp3) is 0.333. The highest BCUT2D eigenvalue weighted by atomic mass is 19.4. The predicted molar refractivity (Wildman–Crippen MR) is 82.8 cm³/mol. The van der Waals surface area contributed by atoms with E-state index in [1.165, 1.54) is 17.7 Å². The number of likely N-dealkylation sites (N-methyl/N-ethyl adjacent to an activating group) is 1. The second-order valence-corrected chi connectivity index (χ2v) is 5.71. The van der Waals surface area contributed by atoms with Crippen molar-refractivity contribution in [2.24, 2.45) is 0 Å². The predicted octanol–water partition coefficient (Wildman–Crippen LogP) is 4.42. The molecule has 0 N–H and O–H groups in total. The molecule has 4 heteroatoms. The molecule has 0 saturated heterocycles. The van der Waals surface area contributed by atoms with Crippen LogP contribution < -0.4 is 0 Å². The van der Waals surface area contributed by atoms with Gasteiger partial charge in [-0.15, -0.1) is 0 Å². The molecule has 0 aliphatic rings. The molecule has 1 atom stereocenters.